The van der Waals surface area contributed by atoms with E-state index in [1.54, 1.807) is 10.3 Å². The minimum absolute atomic E-state index is 0.0214. The fraction of sp³-hybridized carbons (Fsp3) is 0.615. The van der Waals surface area contributed by atoms with Crippen LogP contribution in [0.5, 0.6) is 0 Å². The molecule has 1 aromatic rings. The highest BCUT2D eigenvalue weighted by Crippen LogP contribution is 2.13. The topological polar surface area (TPSA) is 53.5 Å². The van der Waals surface area contributed by atoms with Crippen LogP contribution in [0.2, 0.25) is 0 Å². The Kier molecular flexibility index (Phi) is 4.52. The Hall–Kier alpha value is -1.43. The Morgan fingerprint density at radius 1 is 1.26 bits per heavy atom. The van der Waals surface area contributed by atoms with Gasteiger partial charge in [-0.25, -0.2) is 4.98 Å². The number of rotatable bonds is 3. The average molecular weight is 281 g/mol. The van der Waals surface area contributed by atoms with E-state index in [-0.39, 0.29) is 11.8 Å². The molecule has 19 heavy (non-hydrogen) atoms. The summed E-state index contributed by atoms with van der Waals surface area (Å²) >= 11 is 1.49. The summed E-state index contributed by atoms with van der Waals surface area (Å²) in [6, 6.07) is 0. The Morgan fingerprint density at radius 3 is 2.42 bits per heavy atom. The fourth-order valence-corrected chi connectivity index (χ4v) is 2.74. The van der Waals surface area contributed by atoms with Gasteiger partial charge in [-0.3, -0.25) is 9.59 Å². The molecule has 0 radical (unpaired) electrons. The molecule has 0 bridgehead atoms. The van der Waals surface area contributed by atoms with Gasteiger partial charge >= 0.3 is 0 Å². The van der Waals surface area contributed by atoms with Gasteiger partial charge in [0.25, 0.3) is 5.91 Å². The Balaban J connectivity index is 1.89. The van der Waals surface area contributed by atoms with Crippen LogP contribution in [0, 0.1) is 6.92 Å². The molecular weight excluding hydrogens is 262 g/mol. The molecule has 2 amide bonds. The molecule has 0 N–H and O–H groups in total. The van der Waals surface area contributed by atoms with Crippen molar-refractivity contribution in [2.45, 2.75) is 26.7 Å². The van der Waals surface area contributed by atoms with Crippen molar-refractivity contribution in [3.05, 3.63) is 16.1 Å². The lowest BCUT2D eigenvalue weighted by Crippen LogP contribution is -2.50. The third-order valence-electron chi connectivity index (χ3n) is 3.22. The van der Waals surface area contributed by atoms with E-state index < -0.39 is 0 Å². The Morgan fingerprint density at radius 2 is 1.89 bits per heavy atom. The van der Waals surface area contributed by atoms with Crippen LogP contribution >= 0.6 is 11.3 Å². The Bertz CT molecular complexity index is 464. The van der Waals surface area contributed by atoms with Gasteiger partial charge in [0.15, 0.2) is 0 Å². The summed E-state index contributed by atoms with van der Waals surface area (Å²) in [5.74, 6) is 0.172. The average Bonchev–Trinajstić information content (AvgIpc) is 2.85. The van der Waals surface area contributed by atoms with Crippen molar-refractivity contribution in [2.75, 3.05) is 26.2 Å². The Labute approximate surface area is 117 Å². The molecule has 0 aromatic carbocycles. The minimum atomic E-state index is -0.0214. The van der Waals surface area contributed by atoms with Gasteiger partial charge in [0.1, 0.15) is 5.69 Å². The van der Waals surface area contributed by atoms with Crippen LogP contribution in [0.3, 0.4) is 0 Å². The van der Waals surface area contributed by atoms with E-state index in [4.69, 9.17) is 0 Å². The first kappa shape index (κ1) is 14.0. The van der Waals surface area contributed by atoms with Crippen LogP contribution < -0.4 is 0 Å². The van der Waals surface area contributed by atoms with Crippen molar-refractivity contribution in [1.82, 2.24) is 14.8 Å². The lowest BCUT2D eigenvalue weighted by molar-refractivity contribution is -0.132. The number of hydrogen-bond acceptors (Lipinski definition) is 4. The van der Waals surface area contributed by atoms with Gasteiger partial charge in [-0.2, -0.15) is 0 Å². The van der Waals surface area contributed by atoms with Crippen LogP contribution in [0.15, 0.2) is 5.38 Å². The van der Waals surface area contributed by atoms with E-state index >= 15 is 0 Å². The predicted octanol–water partition coefficient (Wildman–Crippen LogP) is 1.54. The summed E-state index contributed by atoms with van der Waals surface area (Å²) in [6.07, 6.45) is 1.47. The zero-order valence-corrected chi connectivity index (χ0v) is 12.2. The van der Waals surface area contributed by atoms with E-state index in [0.717, 1.165) is 11.4 Å². The van der Waals surface area contributed by atoms with E-state index in [2.05, 4.69) is 4.98 Å². The summed E-state index contributed by atoms with van der Waals surface area (Å²) in [4.78, 5) is 31.8. The number of amides is 2. The quantitative estimate of drug-likeness (QED) is 0.844. The first-order chi connectivity index (χ1) is 9.11. The second kappa shape index (κ2) is 6.14. The lowest BCUT2D eigenvalue weighted by Gasteiger charge is -2.34. The zero-order chi connectivity index (χ0) is 13.8. The van der Waals surface area contributed by atoms with Crippen LogP contribution in [-0.2, 0) is 4.79 Å². The molecule has 0 aliphatic carbocycles. The number of thiazole rings is 1. The lowest BCUT2D eigenvalue weighted by atomic mass is 10.2. The van der Waals surface area contributed by atoms with E-state index in [9.17, 15) is 9.59 Å². The van der Waals surface area contributed by atoms with Crippen molar-refractivity contribution in [2.24, 2.45) is 0 Å². The van der Waals surface area contributed by atoms with Crippen molar-refractivity contribution in [3.63, 3.8) is 0 Å². The molecular formula is C13H19N3O2S. The number of carbonyl (C=O) groups excluding carboxylic acids is 2. The van der Waals surface area contributed by atoms with Crippen LogP contribution in [0.25, 0.3) is 0 Å². The third-order valence-corrected chi connectivity index (χ3v) is 4.00. The van der Waals surface area contributed by atoms with Crippen LogP contribution in [0.1, 0.15) is 35.3 Å². The van der Waals surface area contributed by atoms with E-state index in [1.807, 2.05) is 18.7 Å². The smallest absolute Gasteiger partial charge is 0.273 e. The molecule has 5 nitrogen and oxygen atoms in total. The summed E-state index contributed by atoms with van der Waals surface area (Å²) < 4.78 is 0. The molecule has 0 saturated carbocycles. The van der Waals surface area contributed by atoms with Gasteiger partial charge in [-0.1, -0.05) is 6.92 Å². The van der Waals surface area contributed by atoms with E-state index in [1.165, 1.54) is 11.3 Å². The molecule has 2 heterocycles. The van der Waals surface area contributed by atoms with E-state index in [0.29, 0.717) is 38.3 Å². The number of hydrogen-bond donors (Lipinski definition) is 0. The van der Waals surface area contributed by atoms with Gasteiger partial charge in [-0.05, 0) is 13.3 Å². The first-order valence-electron chi connectivity index (χ1n) is 6.61. The minimum Gasteiger partial charge on any atom is -0.339 e. The molecule has 104 valence electrons. The molecule has 1 saturated heterocycles. The van der Waals surface area contributed by atoms with Gasteiger partial charge in [0.05, 0.1) is 5.01 Å². The second-order valence-electron chi connectivity index (χ2n) is 4.67. The third kappa shape index (κ3) is 3.32. The number of carbonyl (C=O) groups is 2. The van der Waals surface area contributed by atoms with Crippen LogP contribution in [-0.4, -0.2) is 52.8 Å². The first-order valence-corrected chi connectivity index (χ1v) is 7.49. The van der Waals surface area contributed by atoms with Crippen LogP contribution in [0.4, 0.5) is 0 Å². The number of aryl methyl sites for hydroxylation is 1. The maximum atomic E-state index is 12.2. The number of piperazine rings is 1. The highest BCUT2D eigenvalue weighted by molar-refractivity contribution is 7.09. The van der Waals surface area contributed by atoms with Crippen molar-refractivity contribution >= 4 is 23.2 Å². The monoisotopic (exact) mass is 281 g/mol. The van der Waals surface area contributed by atoms with Gasteiger partial charge in [0.2, 0.25) is 5.91 Å². The van der Waals surface area contributed by atoms with Gasteiger partial charge in [0, 0.05) is 38.0 Å². The summed E-state index contributed by atoms with van der Waals surface area (Å²) in [7, 11) is 0. The number of aromatic nitrogens is 1. The highest BCUT2D eigenvalue weighted by atomic mass is 32.1. The summed E-state index contributed by atoms with van der Waals surface area (Å²) in [5, 5.41) is 2.70. The number of nitrogens with zero attached hydrogens (tertiary/aromatic N) is 3. The SMILES string of the molecule is CCCC(=O)N1CCN(C(=O)c2csc(C)n2)CC1. The summed E-state index contributed by atoms with van der Waals surface area (Å²) in [6.45, 7) is 6.36. The molecule has 0 spiro atoms. The highest BCUT2D eigenvalue weighted by Gasteiger charge is 2.25. The molecule has 6 heteroatoms. The molecule has 1 aliphatic rings. The summed E-state index contributed by atoms with van der Waals surface area (Å²) in [5.41, 5.74) is 0.524. The normalized spacial score (nSPS) is 15.7. The van der Waals surface area contributed by atoms with Crippen molar-refractivity contribution in [1.29, 1.82) is 0 Å². The molecule has 0 unspecified atom stereocenters. The van der Waals surface area contributed by atoms with Gasteiger partial charge in [-0.15, -0.1) is 11.3 Å². The molecule has 1 aromatic heterocycles. The standard InChI is InChI=1S/C13H19N3O2S/c1-3-4-12(17)15-5-7-16(8-6-15)13(18)11-9-19-10(2)14-11/h9H,3-8H2,1-2H3. The fourth-order valence-electron chi connectivity index (χ4n) is 2.15. The predicted molar refractivity (Wildman–Crippen MR) is 74.2 cm³/mol. The van der Waals surface area contributed by atoms with Crippen molar-refractivity contribution < 1.29 is 9.59 Å². The molecule has 2 rings (SSSR count). The zero-order valence-electron chi connectivity index (χ0n) is 11.4. The largest absolute Gasteiger partial charge is 0.339 e. The molecule has 0 atom stereocenters. The van der Waals surface area contributed by atoms with Crippen molar-refractivity contribution in [3.8, 4) is 0 Å². The van der Waals surface area contributed by atoms with Gasteiger partial charge < -0.3 is 9.80 Å². The second-order valence-corrected chi connectivity index (χ2v) is 5.74. The maximum absolute atomic E-state index is 12.2. The maximum Gasteiger partial charge on any atom is 0.273 e. The molecule has 1 fully saturated rings. The molecule has 1 aliphatic heterocycles.